The Hall–Kier alpha value is -2.25. The van der Waals surface area contributed by atoms with Gasteiger partial charge in [-0.05, 0) is 39.0 Å². The summed E-state index contributed by atoms with van der Waals surface area (Å²) in [6.07, 6.45) is 2.92. The lowest BCUT2D eigenvalue weighted by Gasteiger charge is -2.33. The molecular formula is C23H33F2N3O7S. The summed E-state index contributed by atoms with van der Waals surface area (Å²) in [6, 6.07) is 1.52. The first kappa shape index (κ1) is 26.8. The topological polar surface area (TPSA) is 116 Å². The monoisotopic (exact) mass is 533 g/mol. The predicted octanol–water partition coefficient (Wildman–Crippen LogP) is 3.03. The summed E-state index contributed by atoms with van der Waals surface area (Å²) in [5, 5.41) is 0. The van der Waals surface area contributed by atoms with E-state index in [1.54, 1.807) is 20.1 Å². The van der Waals surface area contributed by atoms with Crippen molar-refractivity contribution >= 4 is 16.1 Å². The number of carbonyl (C=O) groups excluding carboxylic acids is 1. The molecule has 13 heteroatoms. The lowest BCUT2D eigenvalue weighted by atomic mass is 9.85. The van der Waals surface area contributed by atoms with E-state index in [9.17, 15) is 22.0 Å². The Morgan fingerprint density at radius 2 is 1.89 bits per heavy atom. The molecule has 4 bridgehead atoms. The minimum atomic E-state index is -4.84. The summed E-state index contributed by atoms with van der Waals surface area (Å²) >= 11 is 0. The second kappa shape index (κ2) is 11.4. The van der Waals surface area contributed by atoms with Gasteiger partial charge in [0, 0.05) is 36.6 Å². The molecule has 4 aliphatic rings. The maximum absolute atomic E-state index is 13.1. The van der Waals surface area contributed by atoms with Gasteiger partial charge in [0.1, 0.15) is 5.75 Å². The molecule has 10 nitrogen and oxygen atoms in total. The van der Waals surface area contributed by atoms with Crippen LogP contribution >= 0.6 is 0 Å². The number of amides is 1. The SMILES string of the molecule is COc1cc2nc(c1)C1CCC(CC1)OC[C@H]1[C@@H](NS(=O)(=O)C(F)F)C[C@@H](C)N1C(=O)OCCCO2. The van der Waals surface area contributed by atoms with Gasteiger partial charge in [0.15, 0.2) is 0 Å². The molecule has 1 saturated carbocycles. The lowest BCUT2D eigenvalue weighted by Crippen LogP contribution is -2.51. The van der Waals surface area contributed by atoms with Crippen LogP contribution in [0.4, 0.5) is 13.6 Å². The van der Waals surface area contributed by atoms with Gasteiger partial charge in [-0.2, -0.15) is 8.78 Å². The Morgan fingerprint density at radius 3 is 2.58 bits per heavy atom. The smallest absolute Gasteiger partial charge is 0.410 e. The van der Waals surface area contributed by atoms with Gasteiger partial charge in [-0.1, -0.05) is 0 Å². The second-order valence-electron chi connectivity index (χ2n) is 9.48. The Labute approximate surface area is 209 Å². The number of nitrogens with zero attached hydrogens (tertiary/aromatic N) is 2. The average Bonchev–Trinajstić information content (AvgIpc) is 3.15. The van der Waals surface area contributed by atoms with Crippen molar-refractivity contribution in [3.05, 3.63) is 17.8 Å². The quantitative estimate of drug-likeness (QED) is 0.628. The average molecular weight is 534 g/mol. The van der Waals surface area contributed by atoms with Gasteiger partial charge in [-0.15, -0.1) is 0 Å². The predicted molar refractivity (Wildman–Crippen MR) is 125 cm³/mol. The number of aromatic nitrogens is 1. The summed E-state index contributed by atoms with van der Waals surface area (Å²) in [5.74, 6) is -2.26. The molecule has 0 radical (unpaired) electrons. The molecule has 0 aromatic carbocycles. The summed E-state index contributed by atoms with van der Waals surface area (Å²) in [4.78, 5) is 19.0. The zero-order valence-corrected chi connectivity index (χ0v) is 21.2. The third-order valence-electron chi connectivity index (χ3n) is 7.04. The number of pyridine rings is 1. The molecule has 5 rings (SSSR count). The van der Waals surface area contributed by atoms with Crippen LogP contribution in [0.2, 0.25) is 0 Å². The molecule has 1 aromatic heterocycles. The van der Waals surface area contributed by atoms with Crippen LogP contribution in [0.1, 0.15) is 57.1 Å². The van der Waals surface area contributed by atoms with Crippen molar-refractivity contribution < 1.29 is 40.9 Å². The molecule has 202 valence electrons. The van der Waals surface area contributed by atoms with Crippen molar-refractivity contribution in [3.8, 4) is 11.6 Å². The first-order valence-corrected chi connectivity index (χ1v) is 13.8. The largest absolute Gasteiger partial charge is 0.496 e. The number of hydrogen-bond donors (Lipinski definition) is 1. The molecule has 1 aliphatic carbocycles. The van der Waals surface area contributed by atoms with E-state index in [1.165, 1.54) is 4.90 Å². The van der Waals surface area contributed by atoms with Gasteiger partial charge in [0.2, 0.25) is 5.88 Å². The number of fused-ring (bicyclic) bond motifs is 8. The van der Waals surface area contributed by atoms with E-state index in [1.807, 2.05) is 6.07 Å². The van der Waals surface area contributed by atoms with E-state index in [-0.39, 0.29) is 38.3 Å². The van der Waals surface area contributed by atoms with Gasteiger partial charge >= 0.3 is 11.9 Å². The molecular weight excluding hydrogens is 500 g/mol. The van der Waals surface area contributed by atoms with Gasteiger partial charge in [-0.3, -0.25) is 4.90 Å². The minimum absolute atomic E-state index is 0.00979. The number of halogens is 2. The Bertz CT molecular complexity index is 1020. The van der Waals surface area contributed by atoms with Gasteiger partial charge in [0.25, 0.3) is 10.0 Å². The highest BCUT2D eigenvalue weighted by atomic mass is 32.2. The van der Waals surface area contributed by atoms with E-state index >= 15 is 0 Å². The summed E-state index contributed by atoms with van der Waals surface area (Å²) in [5.41, 5.74) is 0.885. The summed E-state index contributed by atoms with van der Waals surface area (Å²) in [6.45, 7) is 2.06. The summed E-state index contributed by atoms with van der Waals surface area (Å²) < 4.78 is 74.7. The van der Waals surface area contributed by atoms with Crippen LogP contribution in [0.5, 0.6) is 11.6 Å². The van der Waals surface area contributed by atoms with E-state index in [2.05, 4.69) is 9.71 Å². The number of sulfonamides is 1. The molecule has 1 aromatic rings. The first-order valence-electron chi connectivity index (χ1n) is 12.2. The molecule has 3 aliphatic heterocycles. The standard InChI is InChI=1S/C23H33F2N3O7S/c1-14-10-19(27-36(30,31)22(24)25)20-13-35-16-6-4-15(5-7-16)18-11-17(32-2)12-21(26-18)33-8-3-9-34-23(29)28(14)20/h11-12,14-16,19-20,22,27H,3-10,13H2,1-2H3/t14-,15?,16?,19+,20+/m1/s1. The van der Waals surface area contributed by atoms with Gasteiger partial charge in [-0.25, -0.2) is 22.9 Å². The van der Waals surface area contributed by atoms with E-state index in [4.69, 9.17) is 18.9 Å². The Balaban J connectivity index is 1.53. The third kappa shape index (κ3) is 6.17. The number of hydrogen-bond acceptors (Lipinski definition) is 8. The zero-order chi connectivity index (χ0) is 25.9. The molecule has 0 spiro atoms. The molecule has 4 heterocycles. The fourth-order valence-electron chi connectivity index (χ4n) is 5.19. The van der Waals surface area contributed by atoms with Gasteiger partial charge < -0.3 is 18.9 Å². The number of carbonyl (C=O) groups is 1. The number of ether oxygens (including phenoxy) is 4. The minimum Gasteiger partial charge on any atom is -0.496 e. The van der Waals surface area contributed by atoms with Crippen LogP contribution in [-0.2, 0) is 19.5 Å². The molecule has 2 fully saturated rings. The van der Waals surface area contributed by atoms with Crippen molar-refractivity contribution in [1.82, 2.24) is 14.6 Å². The van der Waals surface area contributed by atoms with Crippen LogP contribution in [0.3, 0.4) is 0 Å². The van der Waals surface area contributed by atoms with Gasteiger partial charge in [0.05, 0.1) is 44.8 Å². The molecule has 0 unspecified atom stereocenters. The van der Waals surface area contributed by atoms with Crippen LogP contribution in [0.15, 0.2) is 12.1 Å². The zero-order valence-electron chi connectivity index (χ0n) is 20.4. The van der Waals surface area contributed by atoms with Crippen LogP contribution < -0.4 is 14.2 Å². The van der Waals surface area contributed by atoms with Crippen molar-refractivity contribution in [3.63, 3.8) is 0 Å². The fourth-order valence-corrected chi connectivity index (χ4v) is 5.97. The number of alkyl halides is 2. The highest BCUT2D eigenvalue weighted by Crippen LogP contribution is 2.36. The van der Waals surface area contributed by atoms with Crippen LogP contribution in [0.25, 0.3) is 0 Å². The van der Waals surface area contributed by atoms with Crippen LogP contribution in [-0.4, -0.2) is 81.3 Å². The van der Waals surface area contributed by atoms with Crippen molar-refractivity contribution in [1.29, 1.82) is 0 Å². The molecule has 1 amide bonds. The number of methoxy groups -OCH3 is 1. The van der Waals surface area contributed by atoms with Crippen LogP contribution in [0, 0.1) is 0 Å². The highest BCUT2D eigenvalue weighted by molar-refractivity contribution is 7.89. The fraction of sp³-hybridized carbons (Fsp3) is 0.739. The summed E-state index contributed by atoms with van der Waals surface area (Å²) in [7, 11) is -3.25. The third-order valence-corrected chi connectivity index (χ3v) is 8.14. The maximum atomic E-state index is 13.1. The van der Waals surface area contributed by atoms with E-state index in [0.29, 0.717) is 18.1 Å². The Kier molecular flexibility index (Phi) is 8.51. The lowest BCUT2D eigenvalue weighted by molar-refractivity contribution is -0.0107. The van der Waals surface area contributed by atoms with Crippen molar-refractivity contribution in [2.75, 3.05) is 26.9 Å². The molecule has 3 atom stereocenters. The normalized spacial score (nSPS) is 29.9. The molecule has 36 heavy (non-hydrogen) atoms. The number of rotatable bonds is 4. The van der Waals surface area contributed by atoms with Crippen molar-refractivity contribution in [2.45, 2.75) is 81.4 Å². The highest BCUT2D eigenvalue weighted by Gasteiger charge is 2.46. The number of nitrogens with one attached hydrogen (secondary N) is 1. The molecule has 1 N–H and O–H groups in total. The maximum Gasteiger partial charge on any atom is 0.410 e. The first-order chi connectivity index (χ1) is 17.2. The van der Waals surface area contributed by atoms with Crippen molar-refractivity contribution in [2.24, 2.45) is 0 Å². The Morgan fingerprint density at radius 1 is 1.17 bits per heavy atom. The second-order valence-corrected chi connectivity index (χ2v) is 11.2. The van der Waals surface area contributed by atoms with E-state index < -0.39 is 40.0 Å². The van der Waals surface area contributed by atoms with E-state index in [0.717, 1.165) is 31.4 Å². The molecule has 1 saturated heterocycles.